The lowest BCUT2D eigenvalue weighted by molar-refractivity contribution is 0.175. The first-order valence-corrected chi connectivity index (χ1v) is 8.04. The molecule has 6 heteroatoms. The molecule has 1 aliphatic rings. The van der Waals surface area contributed by atoms with E-state index < -0.39 is 0 Å². The molecule has 0 saturated carbocycles. The van der Waals surface area contributed by atoms with Crippen LogP contribution in [0.5, 0.6) is 0 Å². The van der Waals surface area contributed by atoms with E-state index in [1.165, 1.54) is 19.8 Å². The van der Waals surface area contributed by atoms with Gasteiger partial charge in [0.25, 0.3) is 0 Å². The number of piperazine rings is 1. The zero-order valence-electron chi connectivity index (χ0n) is 11.9. The Kier molecular flexibility index (Phi) is 9.64. The van der Waals surface area contributed by atoms with Crippen LogP contribution in [0, 0.1) is 6.92 Å². The van der Waals surface area contributed by atoms with E-state index in [1.807, 2.05) is 11.3 Å². The first-order valence-electron chi connectivity index (χ1n) is 6.43. The van der Waals surface area contributed by atoms with Gasteiger partial charge in [-0.3, -0.25) is 4.90 Å². The van der Waals surface area contributed by atoms with Crippen LogP contribution in [0.4, 0.5) is 0 Å². The van der Waals surface area contributed by atoms with Crippen LogP contribution in [0.15, 0.2) is 22.0 Å². The third-order valence-electron chi connectivity index (χ3n) is 3.34. The maximum absolute atomic E-state index is 4.10. The number of nitrogens with one attached hydrogen (secondary N) is 1. The topological polar surface area (TPSA) is 15.3 Å². The van der Waals surface area contributed by atoms with Gasteiger partial charge in [0.15, 0.2) is 0 Å². The van der Waals surface area contributed by atoms with Gasteiger partial charge in [0.05, 0.1) is 3.79 Å². The largest absolute Gasteiger partial charge is 0.314 e. The summed E-state index contributed by atoms with van der Waals surface area (Å²) in [7, 11) is 0. The van der Waals surface area contributed by atoms with Gasteiger partial charge in [-0.25, -0.2) is 0 Å². The fourth-order valence-electron chi connectivity index (χ4n) is 2.38. The predicted molar refractivity (Wildman–Crippen MR) is 97.9 cm³/mol. The van der Waals surface area contributed by atoms with Crippen LogP contribution in [0.2, 0.25) is 0 Å². The second-order valence-corrected chi connectivity index (χ2v) is 7.47. The number of rotatable bonds is 4. The average Bonchev–Trinajstić information content (AvgIpc) is 2.67. The second kappa shape index (κ2) is 9.44. The molecule has 0 aliphatic carbocycles. The fraction of sp³-hybridized carbons (Fsp3) is 0.571. The van der Waals surface area contributed by atoms with E-state index in [-0.39, 0.29) is 24.8 Å². The van der Waals surface area contributed by atoms with E-state index in [1.54, 1.807) is 0 Å². The number of hydrogen-bond acceptors (Lipinski definition) is 3. The minimum Gasteiger partial charge on any atom is -0.314 e. The van der Waals surface area contributed by atoms with Crippen molar-refractivity contribution in [2.45, 2.75) is 26.3 Å². The van der Waals surface area contributed by atoms with Gasteiger partial charge in [0.2, 0.25) is 0 Å². The number of halogens is 3. The molecule has 1 saturated heterocycles. The Balaban J connectivity index is 0.00000180. The maximum atomic E-state index is 4.10. The quantitative estimate of drug-likeness (QED) is 0.743. The molecular formula is C14H23BrCl2N2S. The third-order valence-corrected chi connectivity index (χ3v) is 5.58. The summed E-state index contributed by atoms with van der Waals surface area (Å²) in [4.78, 5) is 4.05. The first-order chi connectivity index (χ1) is 8.58. The maximum Gasteiger partial charge on any atom is 0.0731 e. The molecule has 1 aliphatic heterocycles. The van der Waals surface area contributed by atoms with E-state index in [4.69, 9.17) is 0 Å². The summed E-state index contributed by atoms with van der Waals surface area (Å²) >= 11 is 5.51. The van der Waals surface area contributed by atoms with Gasteiger partial charge in [-0.1, -0.05) is 5.57 Å². The van der Waals surface area contributed by atoms with Crippen molar-refractivity contribution in [1.82, 2.24) is 10.2 Å². The summed E-state index contributed by atoms with van der Waals surface area (Å²) in [5, 5.41) is 3.42. The van der Waals surface area contributed by atoms with Gasteiger partial charge in [0.1, 0.15) is 0 Å². The normalized spacial score (nSPS) is 16.9. The Morgan fingerprint density at radius 2 is 2.05 bits per heavy atom. The van der Waals surface area contributed by atoms with Crippen LogP contribution < -0.4 is 5.32 Å². The van der Waals surface area contributed by atoms with Crippen LogP contribution in [0.3, 0.4) is 0 Å². The highest BCUT2D eigenvalue weighted by Gasteiger charge is 2.24. The Hall–Kier alpha value is 0.420. The summed E-state index contributed by atoms with van der Waals surface area (Å²) < 4.78 is 1.26. The van der Waals surface area contributed by atoms with Gasteiger partial charge in [-0.15, -0.1) is 42.7 Å². The van der Waals surface area contributed by atoms with Crippen molar-refractivity contribution in [3.8, 4) is 0 Å². The molecule has 0 amide bonds. The van der Waals surface area contributed by atoms with Crippen molar-refractivity contribution in [2.24, 2.45) is 0 Å². The lowest BCUT2D eigenvalue weighted by atomic mass is 10.0. The monoisotopic (exact) mass is 400 g/mol. The Morgan fingerprint density at radius 3 is 2.50 bits per heavy atom. The zero-order valence-corrected chi connectivity index (χ0v) is 16.0. The van der Waals surface area contributed by atoms with Crippen LogP contribution in [0.1, 0.15) is 29.8 Å². The fourth-order valence-corrected chi connectivity index (χ4v) is 4.09. The minimum atomic E-state index is 0. The van der Waals surface area contributed by atoms with E-state index in [9.17, 15) is 0 Å². The van der Waals surface area contributed by atoms with E-state index in [2.05, 4.69) is 52.6 Å². The molecule has 0 aromatic carbocycles. The van der Waals surface area contributed by atoms with Crippen LogP contribution >= 0.6 is 52.1 Å². The van der Waals surface area contributed by atoms with Crippen LogP contribution in [0.25, 0.3) is 0 Å². The molecule has 1 atom stereocenters. The first kappa shape index (κ1) is 20.4. The van der Waals surface area contributed by atoms with Crippen molar-refractivity contribution >= 4 is 52.1 Å². The molecule has 1 N–H and O–H groups in total. The molecule has 2 nitrogen and oxygen atoms in total. The smallest absolute Gasteiger partial charge is 0.0731 e. The molecule has 2 heterocycles. The summed E-state index contributed by atoms with van der Waals surface area (Å²) in [5.74, 6) is 0. The van der Waals surface area contributed by atoms with Gasteiger partial charge in [-0.05, 0) is 47.8 Å². The lowest BCUT2D eigenvalue weighted by Crippen LogP contribution is -2.45. The summed E-state index contributed by atoms with van der Waals surface area (Å²) in [5.41, 5.74) is 2.61. The predicted octanol–water partition coefficient (Wildman–Crippen LogP) is 4.58. The van der Waals surface area contributed by atoms with Crippen molar-refractivity contribution in [3.63, 3.8) is 0 Å². The van der Waals surface area contributed by atoms with Crippen LogP contribution in [-0.2, 0) is 0 Å². The van der Waals surface area contributed by atoms with E-state index >= 15 is 0 Å². The Bertz CT molecular complexity index is 411. The standard InChI is InChI=1S/C14H21BrN2S.2ClH/c1-10(2)8-12(17-6-4-16-5-7-17)13-9-11(3)14(15)18-13;;/h9,12,16H,1,4-8H2,2-3H3;2*1H/t12-;;/m1../s1. The molecule has 1 aromatic heterocycles. The number of aryl methyl sites for hydroxylation is 1. The Morgan fingerprint density at radius 1 is 1.45 bits per heavy atom. The minimum absolute atomic E-state index is 0. The highest BCUT2D eigenvalue weighted by molar-refractivity contribution is 9.11. The summed E-state index contributed by atoms with van der Waals surface area (Å²) in [6.07, 6.45) is 1.06. The molecule has 0 spiro atoms. The molecule has 0 bridgehead atoms. The molecule has 1 fully saturated rings. The molecule has 116 valence electrons. The van der Waals surface area contributed by atoms with Gasteiger partial charge < -0.3 is 5.32 Å². The number of nitrogens with zero attached hydrogens (tertiary/aromatic N) is 1. The van der Waals surface area contributed by atoms with E-state index in [0.717, 1.165) is 32.6 Å². The molecule has 0 radical (unpaired) electrons. The van der Waals surface area contributed by atoms with Crippen molar-refractivity contribution in [1.29, 1.82) is 0 Å². The average molecular weight is 402 g/mol. The van der Waals surface area contributed by atoms with Crippen molar-refractivity contribution < 1.29 is 0 Å². The van der Waals surface area contributed by atoms with Crippen molar-refractivity contribution in [3.05, 3.63) is 32.4 Å². The summed E-state index contributed by atoms with van der Waals surface area (Å²) in [6, 6.07) is 2.82. The van der Waals surface area contributed by atoms with Gasteiger partial charge >= 0.3 is 0 Å². The van der Waals surface area contributed by atoms with Crippen LogP contribution in [-0.4, -0.2) is 31.1 Å². The van der Waals surface area contributed by atoms with E-state index in [0.29, 0.717) is 6.04 Å². The van der Waals surface area contributed by atoms with Gasteiger partial charge in [-0.2, -0.15) is 0 Å². The zero-order chi connectivity index (χ0) is 13.1. The number of thiophene rings is 1. The second-order valence-electron chi connectivity index (χ2n) is 5.07. The summed E-state index contributed by atoms with van der Waals surface area (Å²) in [6.45, 7) is 12.8. The molecule has 20 heavy (non-hydrogen) atoms. The van der Waals surface area contributed by atoms with Crippen molar-refractivity contribution in [2.75, 3.05) is 26.2 Å². The molecular weight excluding hydrogens is 379 g/mol. The highest BCUT2D eigenvalue weighted by Crippen LogP contribution is 2.36. The lowest BCUT2D eigenvalue weighted by Gasteiger charge is -2.34. The molecule has 1 aromatic rings. The highest BCUT2D eigenvalue weighted by atomic mass is 79.9. The third kappa shape index (κ3) is 5.32. The SMILES string of the molecule is C=C(C)C[C@H](c1cc(C)c(Br)s1)N1CCNCC1.Cl.Cl. The van der Waals surface area contributed by atoms with Gasteiger partial charge in [0, 0.05) is 37.1 Å². The Labute approximate surface area is 147 Å². The molecule has 2 rings (SSSR count). The number of hydrogen-bond donors (Lipinski definition) is 1. The molecule has 0 unspecified atom stereocenters.